The van der Waals surface area contributed by atoms with E-state index < -0.39 is 12.2 Å². The number of allylic oxidation sites excluding steroid dienone is 1. The van der Waals surface area contributed by atoms with Gasteiger partial charge in [-0.2, -0.15) is 0 Å². The quantitative estimate of drug-likeness (QED) is 0.202. The molecule has 0 radical (unpaired) electrons. The number of hydrogen-bond acceptors (Lipinski definition) is 8. The number of hydrogen-bond donors (Lipinski definition) is 4. The van der Waals surface area contributed by atoms with Gasteiger partial charge in [-0.05, 0) is 68.6 Å². The number of carbonyl (C=O) groups excluding carboxylic acids is 2. The van der Waals surface area contributed by atoms with Crippen LogP contribution in [0.5, 0.6) is 0 Å². The molecule has 0 aromatic carbocycles. The summed E-state index contributed by atoms with van der Waals surface area (Å²) in [5.41, 5.74) is 1.29. The number of fused-ring (bicyclic) bond motifs is 3. The number of nitrogens with one attached hydrogen (secondary N) is 1. The zero-order chi connectivity index (χ0) is 32.2. The second kappa shape index (κ2) is 18.2. The molecule has 0 aromatic rings. The second-order valence-corrected chi connectivity index (χ2v) is 13.8. The first-order valence-electron chi connectivity index (χ1n) is 17.4. The normalized spacial score (nSPS) is 35.5. The van der Waals surface area contributed by atoms with E-state index in [0.717, 1.165) is 57.9 Å². The van der Waals surface area contributed by atoms with E-state index in [2.05, 4.69) is 34.4 Å². The molecule has 9 atom stereocenters. The van der Waals surface area contributed by atoms with Gasteiger partial charge in [0, 0.05) is 58.7 Å². The van der Waals surface area contributed by atoms with Gasteiger partial charge in [0.2, 0.25) is 0 Å². The molecular weight excluding hydrogens is 570 g/mol. The lowest BCUT2D eigenvalue weighted by Crippen LogP contribution is -2.95. The number of nitrogens with two attached hydrogens (primary N) is 1. The zero-order valence-corrected chi connectivity index (χ0v) is 27.7. The van der Waals surface area contributed by atoms with Crippen LogP contribution in [0.2, 0.25) is 0 Å². The molecule has 0 amide bonds. The average Bonchev–Trinajstić information content (AvgIpc) is 3.46. The van der Waals surface area contributed by atoms with Crippen LogP contribution in [0.15, 0.2) is 16.8 Å². The molecule has 2 fully saturated rings. The van der Waals surface area contributed by atoms with Crippen LogP contribution in [0.3, 0.4) is 0 Å². The van der Waals surface area contributed by atoms with Gasteiger partial charge < -0.3 is 25.0 Å². The predicted molar refractivity (Wildman–Crippen MR) is 174 cm³/mol. The summed E-state index contributed by atoms with van der Waals surface area (Å²) >= 11 is 0. The van der Waals surface area contributed by atoms with Gasteiger partial charge in [0.25, 0.3) is 0 Å². The first kappa shape index (κ1) is 35.6. The Hall–Kier alpha value is -2.22. The third-order valence-corrected chi connectivity index (χ3v) is 10.7. The highest BCUT2D eigenvalue weighted by atomic mass is 16.5. The van der Waals surface area contributed by atoms with Gasteiger partial charge in [0.15, 0.2) is 6.20 Å². The number of aliphatic hydroxyl groups excluding tert-OH is 2. The number of aliphatic hydroxyl groups is 2. The molecular formula is C36H57N3O6+2. The number of ether oxygens (including phenoxy) is 2. The standard InChI is InChI=1S/C36H56N3O6/c1-4-25-7-9-33(45-24(2)41)21-32(42)18-26(27-8-10-34(43)35(19-27)44-3)6-5-13-38-36-20-28(11-14-39-36)29(12-15-40)17-31-23-37-22-30(31)16-25/h22-23,25-29,33-36,38-40,43H,4,7-21H2,1-3H3/q+1/p+1. The van der Waals surface area contributed by atoms with E-state index in [-0.39, 0.29) is 48.9 Å². The summed E-state index contributed by atoms with van der Waals surface area (Å²) in [6.07, 6.45) is 13.0. The van der Waals surface area contributed by atoms with Crippen molar-refractivity contribution in [2.24, 2.45) is 34.6 Å². The largest absolute Gasteiger partial charge is 0.462 e. The van der Waals surface area contributed by atoms with Gasteiger partial charge >= 0.3 is 5.97 Å². The Morgan fingerprint density at radius 1 is 1.16 bits per heavy atom. The van der Waals surface area contributed by atoms with Crippen LogP contribution < -0.4 is 10.6 Å². The summed E-state index contributed by atoms with van der Waals surface area (Å²) in [4.78, 5) is 30.1. The molecule has 250 valence electrons. The van der Waals surface area contributed by atoms with Gasteiger partial charge in [-0.3, -0.25) is 14.9 Å². The van der Waals surface area contributed by atoms with Gasteiger partial charge in [0.1, 0.15) is 35.8 Å². The number of Topliss-reactive ketones (excluding diaryl/α,β-unsaturated/α-hetero) is 1. The fourth-order valence-corrected chi connectivity index (χ4v) is 8.02. The fourth-order valence-electron chi connectivity index (χ4n) is 8.02. The molecule has 0 spiro atoms. The molecule has 4 rings (SSSR count). The molecule has 2 bridgehead atoms. The smallest absolute Gasteiger partial charge is 0.302 e. The Kier molecular flexibility index (Phi) is 14.4. The Labute approximate surface area is 270 Å². The van der Waals surface area contributed by atoms with Crippen molar-refractivity contribution in [3.8, 4) is 11.8 Å². The first-order chi connectivity index (χ1) is 21.8. The van der Waals surface area contributed by atoms with Crippen molar-refractivity contribution < 1.29 is 34.6 Å². The van der Waals surface area contributed by atoms with E-state index in [1.165, 1.54) is 18.4 Å². The van der Waals surface area contributed by atoms with E-state index >= 15 is 0 Å². The number of rotatable bonds is 6. The molecule has 3 heterocycles. The molecule has 1 aliphatic carbocycles. The minimum absolute atomic E-state index is 0.0666. The van der Waals surface area contributed by atoms with Crippen molar-refractivity contribution in [1.29, 1.82) is 0 Å². The van der Waals surface area contributed by atoms with E-state index in [9.17, 15) is 19.8 Å². The molecule has 4 aliphatic rings. The van der Waals surface area contributed by atoms with Crippen LogP contribution in [0.25, 0.3) is 0 Å². The lowest BCUT2D eigenvalue weighted by molar-refractivity contribution is -0.705. The molecule has 9 unspecified atom stereocenters. The fraction of sp³-hybridized carbons (Fsp3) is 0.778. The van der Waals surface area contributed by atoms with E-state index in [1.807, 2.05) is 12.4 Å². The minimum Gasteiger partial charge on any atom is -0.462 e. The Morgan fingerprint density at radius 2 is 2.00 bits per heavy atom. The number of ketones is 1. The summed E-state index contributed by atoms with van der Waals surface area (Å²) in [5, 5.41) is 26.4. The molecule has 1 saturated heterocycles. The molecule has 1 saturated carbocycles. The molecule has 0 aromatic heterocycles. The Balaban J connectivity index is 1.56. The van der Waals surface area contributed by atoms with Crippen molar-refractivity contribution in [3.05, 3.63) is 17.7 Å². The van der Waals surface area contributed by atoms with E-state index in [0.29, 0.717) is 50.0 Å². The third kappa shape index (κ3) is 10.9. The number of esters is 1. The van der Waals surface area contributed by atoms with Crippen LogP contribution in [-0.4, -0.2) is 79.5 Å². The second-order valence-electron chi connectivity index (χ2n) is 13.8. The van der Waals surface area contributed by atoms with E-state index in [1.54, 1.807) is 7.11 Å². The highest BCUT2D eigenvalue weighted by molar-refractivity contribution is 5.83. The molecule has 3 aliphatic heterocycles. The number of methoxy groups -OCH3 is 1. The molecule has 9 nitrogen and oxygen atoms in total. The Morgan fingerprint density at radius 3 is 2.76 bits per heavy atom. The molecule has 45 heavy (non-hydrogen) atoms. The predicted octanol–water partition coefficient (Wildman–Crippen LogP) is 3.09. The SMILES string of the molecule is CCC1CCC(OC(C)=O)CC(=O)CC(C2CCC(O)C(OC)C2)C#CCNC2CC(CC[NH2+]2)C(CCO)CC2=CN=C[C+]2C1. The van der Waals surface area contributed by atoms with Crippen LogP contribution in [0, 0.1) is 47.3 Å². The van der Waals surface area contributed by atoms with Crippen molar-refractivity contribution >= 4 is 18.0 Å². The zero-order valence-electron chi connectivity index (χ0n) is 27.7. The monoisotopic (exact) mass is 627 g/mol. The third-order valence-electron chi connectivity index (χ3n) is 10.7. The summed E-state index contributed by atoms with van der Waals surface area (Å²) < 4.78 is 11.3. The van der Waals surface area contributed by atoms with Crippen molar-refractivity contribution in [3.63, 3.8) is 0 Å². The highest BCUT2D eigenvalue weighted by Crippen LogP contribution is 2.38. The van der Waals surface area contributed by atoms with Crippen molar-refractivity contribution in [1.82, 2.24) is 5.32 Å². The number of carbonyl (C=O) groups is 2. The summed E-state index contributed by atoms with van der Waals surface area (Å²) in [6.45, 7) is 5.39. The lowest BCUT2D eigenvalue weighted by atomic mass is 9.75. The molecule has 5 N–H and O–H groups in total. The van der Waals surface area contributed by atoms with Crippen LogP contribution in [-0.2, 0) is 19.1 Å². The summed E-state index contributed by atoms with van der Waals surface area (Å²) in [5.74, 6) is 9.10. The van der Waals surface area contributed by atoms with E-state index in [4.69, 9.17) is 9.47 Å². The number of nitrogens with zero attached hydrogens (tertiary/aromatic N) is 1. The lowest BCUT2D eigenvalue weighted by Gasteiger charge is -2.35. The number of piperidine rings is 1. The van der Waals surface area contributed by atoms with Crippen molar-refractivity contribution in [2.45, 2.75) is 122 Å². The minimum atomic E-state index is -0.492. The van der Waals surface area contributed by atoms with Crippen LogP contribution >= 0.6 is 0 Å². The van der Waals surface area contributed by atoms with Gasteiger partial charge in [-0.25, -0.2) is 0 Å². The van der Waals surface area contributed by atoms with Gasteiger partial charge in [0.05, 0.1) is 25.3 Å². The summed E-state index contributed by atoms with van der Waals surface area (Å²) in [6, 6.07) is 0. The topological polar surface area (TPSA) is 134 Å². The van der Waals surface area contributed by atoms with Gasteiger partial charge in [-0.15, -0.1) is 4.99 Å². The highest BCUT2D eigenvalue weighted by Gasteiger charge is 2.37. The van der Waals surface area contributed by atoms with Crippen LogP contribution in [0.4, 0.5) is 0 Å². The maximum absolute atomic E-state index is 13.5. The van der Waals surface area contributed by atoms with Gasteiger partial charge in [-0.1, -0.05) is 25.2 Å². The number of quaternary nitrogens is 1. The van der Waals surface area contributed by atoms with Crippen molar-refractivity contribution in [2.75, 3.05) is 26.8 Å². The summed E-state index contributed by atoms with van der Waals surface area (Å²) in [7, 11) is 1.63. The maximum atomic E-state index is 13.5. The maximum Gasteiger partial charge on any atom is 0.302 e. The van der Waals surface area contributed by atoms with Crippen LogP contribution in [0.1, 0.15) is 97.3 Å². The first-order valence-corrected chi connectivity index (χ1v) is 17.4. The average molecular weight is 628 g/mol. The molecule has 9 heteroatoms. The number of aliphatic imine (C=N–C) groups is 1. The Bertz CT molecular complexity index is 1080.